The molecule has 1 aliphatic rings. The number of aromatic nitrogens is 2. The number of nitrogens with zero attached hydrogens (tertiary/aromatic N) is 3. The summed E-state index contributed by atoms with van der Waals surface area (Å²) in [5.41, 5.74) is 1.64. The first-order valence-electron chi connectivity index (χ1n) is 10.5. The topological polar surface area (TPSA) is 76.3 Å². The van der Waals surface area contributed by atoms with Crippen LogP contribution in [0.15, 0.2) is 62.0 Å². The lowest BCUT2D eigenvalue weighted by atomic mass is 9.97. The molecule has 1 aromatic carbocycles. The summed E-state index contributed by atoms with van der Waals surface area (Å²) in [6, 6.07) is 11.3. The van der Waals surface area contributed by atoms with Crippen LogP contribution in [0.2, 0.25) is 5.02 Å². The van der Waals surface area contributed by atoms with Crippen LogP contribution < -0.4 is 0 Å². The molecule has 1 fully saturated rings. The monoisotopic (exact) mass is 489 g/mol. The van der Waals surface area contributed by atoms with E-state index in [1.807, 2.05) is 42.2 Å². The van der Waals surface area contributed by atoms with Gasteiger partial charge in [-0.1, -0.05) is 30.7 Å². The third-order valence-corrected chi connectivity index (χ3v) is 7.91. The van der Waals surface area contributed by atoms with E-state index in [9.17, 15) is 9.00 Å². The molecule has 1 unspecified atom stereocenters. The lowest BCUT2D eigenvalue weighted by Gasteiger charge is -2.29. The van der Waals surface area contributed by atoms with Crippen LogP contribution >= 0.6 is 23.4 Å². The van der Waals surface area contributed by atoms with Gasteiger partial charge in [0.25, 0.3) is 0 Å². The lowest BCUT2D eigenvalue weighted by molar-refractivity contribution is -0.129. The van der Waals surface area contributed by atoms with Gasteiger partial charge >= 0.3 is 0 Å². The molecule has 1 saturated heterocycles. The van der Waals surface area contributed by atoms with Crippen molar-refractivity contribution in [2.75, 3.05) is 18.8 Å². The molecule has 0 radical (unpaired) electrons. The molecular formula is C23H24ClN3O3S2. The van der Waals surface area contributed by atoms with Crippen molar-refractivity contribution in [2.24, 2.45) is 0 Å². The van der Waals surface area contributed by atoms with E-state index in [0.717, 1.165) is 34.0 Å². The Hall–Kier alpha value is -2.16. The van der Waals surface area contributed by atoms with Gasteiger partial charge in [-0.25, -0.2) is 9.97 Å². The number of amides is 1. The molecule has 0 saturated carbocycles. The highest BCUT2D eigenvalue weighted by molar-refractivity contribution is 7.99. The van der Waals surface area contributed by atoms with Crippen LogP contribution in [0, 0.1) is 0 Å². The third kappa shape index (κ3) is 5.24. The number of carbonyl (C=O) groups excluding carboxylic acids is 1. The number of hydrogen-bond acceptors (Lipinski definition) is 6. The summed E-state index contributed by atoms with van der Waals surface area (Å²) in [4.78, 5) is 23.5. The van der Waals surface area contributed by atoms with Gasteiger partial charge in [0.05, 0.1) is 15.8 Å². The summed E-state index contributed by atoms with van der Waals surface area (Å²) in [6.45, 7) is 4.92. The maximum atomic E-state index is 12.1. The van der Waals surface area contributed by atoms with Crippen LogP contribution in [-0.4, -0.2) is 43.8 Å². The van der Waals surface area contributed by atoms with Gasteiger partial charge in [-0.15, -0.1) is 0 Å². The van der Waals surface area contributed by atoms with Crippen molar-refractivity contribution in [1.82, 2.24) is 14.9 Å². The fourth-order valence-electron chi connectivity index (χ4n) is 3.64. The number of rotatable bonds is 6. The molecule has 1 atom stereocenters. The molecule has 0 spiro atoms. The van der Waals surface area contributed by atoms with Gasteiger partial charge in [0.1, 0.15) is 10.7 Å². The summed E-state index contributed by atoms with van der Waals surface area (Å²) in [5, 5.41) is 1.99. The largest absolute Gasteiger partial charge is 0.433 e. The second kappa shape index (κ2) is 10.2. The maximum Gasteiger partial charge on any atom is 0.219 e. The van der Waals surface area contributed by atoms with Crippen LogP contribution in [0.25, 0.3) is 11.3 Å². The lowest BCUT2D eigenvalue weighted by Crippen LogP contribution is -2.36. The number of benzene rings is 1. The minimum absolute atomic E-state index is 0.103. The molecule has 0 bridgehead atoms. The van der Waals surface area contributed by atoms with Gasteiger partial charge < -0.3 is 9.32 Å². The second-order valence-corrected chi connectivity index (χ2v) is 10.7. The Balaban J connectivity index is 1.64. The zero-order valence-electron chi connectivity index (χ0n) is 17.9. The SMILES string of the molecule is CCS(=O)c1ccc(-c2nc(C3CCN(C(C)=O)CC3)oc2Sc2ccc(Cl)cn2)cc1. The number of carbonyl (C=O) groups is 1. The third-order valence-electron chi connectivity index (χ3n) is 5.45. The summed E-state index contributed by atoms with van der Waals surface area (Å²) in [6.07, 6.45) is 3.24. The van der Waals surface area contributed by atoms with Crippen molar-refractivity contribution in [3.63, 3.8) is 0 Å². The number of halogens is 1. The minimum atomic E-state index is -1.00. The van der Waals surface area contributed by atoms with Gasteiger partial charge in [-0.2, -0.15) is 0 Å². The molecule has 168 valence electrons. The first-order chi connectivity index (χ1) is 15.4. The molecule has 6 nitrogen and oxygen atoms in total. The van der Waals surface area contributed by atoms with Gasteiger partial charge in [0.2, 0.25) is 5.91 Å². The predicted octanol–water partition coefficient (Wildman–Crippen LogP) is 5.39. The highest BCUT2D eigenvalue weighted by atomic mass is 35.5. The van der Waals surface area contributed by atoms with Crippen molar-refractivity contribution in [2.45, 2.75) is 47.6 Å². The van der Waals surface area contributed by atoms with Crippen LogP contribution in [0.1, 0.15) is 38.5 Å². The fourth-order valence-corrected chi connectivity index (χ4v) is 5.34. The van der Waals surface area contributed by atoms with Crippen LogP contribution in [0.4, 0.5) is 0 Å². The summed E-state index contributed by atoms with van der Waals surface area (Å²) in [5.74, 6) is 1.52. The zero-order chi connectivity index (χ0) is 22.7. The first kappa shape index (κ1) is 23.0. The van der Waals surface area contributed by atoms with E-state index in [-0.39, 0.29) is 11.8 Å². The summed E-state index contributed by atoms with van der Waals surface area (Å²) in [7, 11) is -1.00. The van der Waals surface area contributed by atoms with Crippen molar-refractivity contribution < 1.29 is 13.4 Å². The Labute approximate surface area is 199 Å². The van der Waals surface area contributed by atoms with E-state index in [0.29, 0.717) is 34.8 Å². The summed E-state index contributed by atoms with van der Waals surface area (Å²) >= 11 is 7.37. The van der Waals surface area contributed by atoms with Gasteiger partial charge in [-0.05, 0) is 48.9 Å². The predicted molar refractivity (Wildman–Crippen MR) is 126 cm³/mol. The van der Waals surface area contributed by atoms with Crippen molar-refractivity contribution in [1.29, 1.82) is 0 Å². The van der Waals surface area contributed by atoms with E-state index in [2.05, 4.69) is 4.98 Å². The van der Waals surface area contributed by atoms with Crippen molar-refractivity contribution in [3.05, 3.63) is 53.5 Å². The smallest absolute Gasteiger partial charge is 0.219 e. The quantitative estimate of drug-likeness (QED) is 0.461. The molecule has 0 aliphatic carbocycles. The average Bonchev–Trinajstić information content (AvgIpc) is 3.24. The van der Waals surface area contributed by atoms with E-state index in [4.69, 9.17) is 21.0 Å². The molecular weight excluding hydrogens is 466 g/mol. The van der Waals surface area contributed by atoms with E-state index >= 15 is 0 Å². The number of likely N-dealkylation sites (tertiary alicyclic amines) is 1. The second-order valence-electron chi connectivity index (χ2n) is 7.54. The fraction of sp³-hybridized carbons (Fsp3) is 0.348. The van der Waals surface area contributed by atoms with E-state index < -0.39 is 10.8 Å². The number of oxazole rings is 1. The molecule has 9 heteroatoms. The molecule has 1 amide bonds. The summed E-state index contributed by atoms with van der Waals surface area (Å²) < 4.78 is 18.4. The Kier molecular flexibility index (Phi) is 7.33. The Bertz CT molecular complexity index is 1110. The number of hydrogen-bond donors (Lipinski definition) is 0. The number of piperidine rings is 1. The van der Waals surface area contributed by atoms with Gasteiger partial charge in [-0.3, -0.25) is 9.00 Å². The Morgan fingerprint density at radius 2 is 1.94 bits per heavy atom. The van der Waals surface area contributed by atoms with Gasteiger partial charge in [0.15, 0.2) is 11.0 Å². The highest BCUT2D eigenvalue weighted by Gasteiger charge is 2.28. The van der Waals surface area contributed by atoms with Crippen molar-refractivity contribution >= 4 is 40.1 Å². The highest BCUT2D eigenvalue weighted by Crippen LogP contribution is 2.39. The standard InChI is InChI=1S/C23H24ClN3O3S2/c1-3-32(29)19-7-4-16(5-8-19)21-23(31-20-9-6-18(24)14-25-20)30-22(26-21)17-10-12-27(13-11-17)15(2)28/h4-9,14,17H,3,10-13H2,1-2H3. The van der Waals surface area contributed by atoms with Crippen LogP contribution in [0.5, 0.6) is 0 Å². The van der Waals surface area contributed by atoms with E-state index in [1.165, 1.54) is 11.8 Å². The molecule has 0 N–H and O–H groups in total. The molecule has 3 aromatic rings. The van der Waals surface area contributed by atoms with Crippen LogP contribution in [-0.2, 0) is 15.6 Å². The first-order valence-corrected chi connectivity index (χ1v) is 13.0. The Morgan fingerprint density at radius 1 is 1.22 bits per heavy atom. The molecule has 1 aliphatic heterocycles. The molecule has 3 heterocycles. The zero-order valence-corrected chi connectivity index (χ0v) is 20.3. The molecule has 4 rings (SSSR count). The van der Waals surface area contributed by atoms with Gasteiger partial charge in [0, 0.05) is 48.3 Å². The molecule has 2 aromatic heterocycles. The normalized spacial score (nSPS) is 15.7. The van der Waals surface area contributed by atoms with Crippen LogP contribution in [0.3, 0.4) is 0 Å². The minimum Gasteiger partial charge on any atom is -0.433 e. The van der Waals surface area contributed by atoms with E-state index in [1.54, 1.807) is 19.2 Å². The maximum absolute atomic E-state index is 12.1. The molecule has 32 heavy (non-hydrogen) atoms. The van der Waals surface area contributed by atoms with Crippen molar-refractivity contribution in [3.8, 4) is 11.3 Å². The average molecular weight is 490 g/mol. The Morgan fingerprint density at radius 3 is 2.53 bits per heavy atom. The number of pyridine rings is 1.